The van der Waals surface area contributed by atoms with Gasteiger partial charge in [0.05, 0.1) is 22.8 Å². The molecule has 4 rings (SSSR count). The first-order valence-electron chi connectivity index (χ1n) is 10.6. The van der Waals surface area contributed by atoms with E-state index in [0.29, 0.717) is 5.56 Å². The molecular formula is C22H18ClF5N4O3S. The average molecular weight is 549 g/mol. The van der Waals surface area contributed by atoms with Crippen LogP contribution in [0.4, 0.5) is 22.0 Å². The van der Waals surface area contributed by atoms with Crippen LogP contribution in [0.15, 0.2) is 53.7 Å². The lowest BCUT2D eigenvalue weighted by atomic mass is 10.0. The third-order valence-electron chi connectivity index (χ3n) is 5.68. The number of ketones is 1. The Bertz CT molecular complexity index is 1360. The van der Waals surface area contributed by atoms with Gasteiger partial charge >= 0.3 is 6.18 Å². The van der Waals surface area contributed by atoms with Crippen LogP contribution in [-0.4, -0.2) is 52.0 Å². The monoisotopic (exact) mass is 548 g/mol. The predicted octanol–water partition coefficient (Wildman–Crippen LogP) is 4.38. The SMILES string of the molecule is O=C(CCc1cn(-c2ccc(C(F)(F)F)nc2)nc1Cl)[C@@H]1C[C@@H](F)CN1S(=O)(=O)c1ccc(F)cc1. The normalized spacial score (nSPS) is 19.1. The van der Waals surface area contributed by atoms with Crippen molar-refractivity contribution < 1.29 is 35.2 Å². The molecule has 1 fully saturated rings. The Hall–Kier alpha value is -2.90. The van der Waals surface area contributed by atoms with E-state index in [9.17, 15) is 35.2 Å². The molecule has 3 aromatic rings. The van der Waals surface area contributed by atoms with E-state index in [1.165, 1.54) is 10.9 Å². The van der Waals surface area contributed by atoms with Crippen molar-refractivity contribution >= 4 is 27.4 Å². The average Bonchev–Trinajstić information content (AvgIpc) is 3.40. The van der Waals surface area contributed by atoms with Crippen LogP contribution in [-0.2, 0) is 27.4 Å². The van der Waals surface area contributed by atoms with Crippen molar-refractivity contribution in [2.45, 2.75) is 42.5 Å². The number of halogens is 6. The standard InChI is InChI=1S/C22H18ClF5N4O3S/c23-21-13(11-31(30-21)16-4-8-20(29-10-16)22(26,27)28)1-7-19(33)18-9-15(25)12-32(18)36(34,35)17-5-2-14(24)3-6-17/h2-6,8,10-11,15,18H,1,7,9,12H2/t15-,18+/m1/s1. The lowest BCUT2D eigenvalue weighted by molar-refractivity contribution is -0.141. The largest absolute Gasteiger partial charge is 0.433 e. The molecule has 0 radical (unpaired) electrons. The second-order valence-corrected chi connectivity index (χ2v) is 10.4. The van der Waals surface area contributed by atoms with E-state index >= 15 is 0 Å². The molecule has 3 heterocycles. The van der Waals surface area contributed by atoms with E-state index in [4.69, 9.17) is 11.6 Å². The summed E-state index contributed by atoms with van der Waals surface area (Å²) in [6.45, 7) is -0.504. The minimum Gasteiger partial charge on any atom is -0.298 e. The molecule has 7 nitrogen and oxygen atoms in total. The van der Waals surface area contributed by atoms with Crippen LogP contribution in [0.1, 0.15) is 24.1 Å². The molecule has 0 spiro atoms. The number of hydrogen-bond donors (Lipinski definition) is 0. The second kappa shape index (κ2) is 9.87. The molecule has 0 N–H and O–H groups in total. The Morgan fingerprint density at radius 1 is 1.14 bits per heavy atom. The van der Waals surface area contributed by atoms with Crippen LogP contribution in [0.3, 0.4) is 0 Å². The summed E-state index contributed by atoms with van der Waals surface area (Å²) in [7, 11) is -4.24. The highest BCUT2D eigenvalue weighted by Crippen LogP contribution is 2.30. The maximum Gasteiger partial charge on any atom is 0.433 e. The van der Waals surface area contributed by atoms with Gasteiger partial charge < -0.3 is 0 Å². The Balaban J connectivity index is 1.47. The minimum atomic E-state index is -4.59. The lowest BCUT2D eigenvalue weighted by Gasteiger charge is -2.22. The molecule has 1 saturated heterocycles. The Morgan fingerprint density at radius 3 is 2.44 bits per heavy atom. The topological polar surface area (TPSA) is 85.2 Å². The van der Waals surface area contributed by atoms with Crippen LogP contribution >= 0.6 is 11.6 Å². The number of carbonyl (C=O) groups excluding carboxylic acids is 1. The number of alkyl halides is 4. The van der Waals surface area contributed by atoms with Crippen molar-refractivity contribution in [3.63, 3.8) is 0 Å². The van der Waals surface area contributed by atoms with Gasteiger partial charge in [-0.15, -0.1) is 0 Å². The zero-order chi connectivity index (χ0) is 26.3. The van der Waals surface area contributed by atoms with E-state index < -0.39 is 52.3 Å². The van der Waals surface area contributed by atoms with Crippen LogP contribution in [0.5, 0.6) is 0 Å². The molecular weight excluding hydrogens is 531 g/mol. The summed E-state index contributed by atoms with van der Waals surface area (Å²) < 4.78 is 93.4. The van der Waals surface area contributed by atoms with Crippen molar-refractivity contribution in [3.8, 4) is 5.69 Å². The number of hydrogen-bond acceptors (Lipinski definition) is 5. The van der Waals surface area contributed by atoms with E-state index in [1.54, 1.807) is 0 Å². The fourth-order valence-corrected chi connectivity index (χ4v) is 5.73. The summed E-state index contributed by atoms with van der Waals surface area (Å²) in [5, 5.41) is 4.01. The summed E-state index contributed by atoms with van der Waals surface area (Å²) in [5.41, 5.74) is -0.485. The number of carbonyl (C=O) groups is 1. The maximum absolute atomic E-state index is 14.2. The summed E-state index contributed by atoms with van der Waals surface area (Å²) in [5.74, 6) is -1.18. The van der Waals surface area contributed by atoms with Gasteiger partial charge in [0, 0.05) is 31.1 Å². The molecule has 0 amide bonds. The molecule has 36 heavy (non-hydrogen) atoms. The van der Waals surface area contributed by atoms with Crippen LogP contribution in [0, 0.1) is 5.82 Å². The predicted molar refractivity (Wildman–Crippen MR) is 118 cm³/mol. The van der Waals surface area contributed by atoms with Gasteiger partial charge in [-0.3, -0.25) is 4.79 Å². The van der Waals surface area contributed by atoms with Crippen molar-refractivity contribution in [1.82, 2.24) is 19.1 Å². The van der Waals surface area contributed by atoms with Gasteiger partial charge in [0.2, 0.25) is 10.0 Å². The Kier molecular flexibility index (Phi) is 7.17. The van der Waals surface area contributed by atoms with E-state index in [2.05, 4.69) is 10.1 Å². The molecule has 0 unspecified atom stereocenters. The molecule has 14 heteroatoms. The fraction of sp³-hybridized carbons (Fsp3) is 0.318. The van der Waals surface area contributed by atoms with Crippen molar-refractivity contribution in [2.75, 3.05) is 6.54 Å². The van der Waals surface area contributed by atoms with Crippen LogP contribution < -0.4 is 0 Å². The first kappa shape index (κ1) is 26.2. The van der Waals surface area contributed by atoms with E-state index in [-0.39, 0.29) is 35.0 Å². The molecule has 1 aromatic carbocycles. The smallest absolute Gasteiger partial charge is 0.298 e. The number of aryl methyl sites for hydroxylation is 1. The number of sulfonamides is 1. The Morgan fingerprint density at radius 2 is 1.83 bits per heavy atom. The molecule has 1 aliphatic rings. The number of rotatable bonds is 7. The van der Waals surface area contributed by atoms with Gasteiger partial charge in [-0.1, -0.05) is 11.6 Å². The zero-order valence-corrected chi connectivity index (χ0v) is 19.9. The Labute approximate surface area is 207 Å². The number of Topliss-reactive ketones (excluding diaryl/α,β-unsaturated/α-hetero) is 1. The number of aromatic nitrogens is 3. The number of pyridine rings is 1. The number of benzene rings is 1. The third kappa shape index (κ3) is 5.42. The van der Waals surface area contributed by atoms with Crippen molar-refractivity contribution in [2.24, 2.45) is 0 Å². The second-order valence-electron chi connectivity index (χ2n) is 8.13. The molecule has 0 saturated carbocycles. The maximum atomic E-state index is 14.2. The number of nitrogens with zero attached hydrogens (tertiary/aromatic N) is 4. The van der Waals surface area contributed by atoms with Gasteiger partial charge in [0.15, 0.2) is 10.9 Å². The highest BCUT2D eigenvalue weighted by atomic mass is 35.5. The summed E-state index contributed by atoms with van der Waals surface area (Å²) in [4.78, 5) is 16.0. The van der Waals surface area contributed by atoms with Crippen molar-refractivity contribution in [1.29, 1.82) is 0 Å². The highest BCUT2D eigenvalue weighted by Gasteiger charge is 2.43. The summed E-state index contributed by atoms with van der Waals surface area (Å²) in [6, 6.07) is 4.70. The molecule has 0 aliphatic carbocycles. The van der Waals surface area contributed by atoms with Gasteiger partial charge in [-0.2, -0.15) is 22.6 Å². The molecule has 2 atom stereocenters. The first-order valence-corrected chi connectivity index (χ1v) is 12.4. The van der Waals surface area contributed by atoms with Gasteiger partial charge in [-0.25, -0.2) is 26.9 Å². The third-order valence-corrected chi connectivity index (χ3v) is 7.89. The molecule has 0 bridgehead atoms. The summed E-state index contributed by atoms with van der Waals surface area (Å²) >= 11 is 6.12. The highest BCUT2D eigenvalue weighted by molar-refractivity contribution is 7.89. The van der Waals surface area contributed by atoms with Crippen molar-refractivity contribution in [3.05, 3.63) is 71.0 Å². The van der Waals surface area contributed by atoms with Crippen LogP contribution in [0.2, 0.25) is 5.15 Å². The molecule has 192 valence electrons. The molecule has 2 aromatic heterocycles. The zero-order valence-electron chi connectivity index (χ0n) is 18.3. The van der Waals surface area contributed by atoms with Crippen LogP contribution in [0.25, 0.3) is 5.69 Å². The van der Waals surface area contributed by atoms with Gasteiger partial charge in [0.1, 0.15) is 17.7 Å². The lowest BCUT2D eigenvalue weighted by Crippen LogP contribution is -2.40. The minimum absolute atomic E-state index is 0.00622. The quantitative estimate of drug-likeness (QED) is 0.409. The van der Waals surface area contributed by atoms with E-state index in [0.717, 1.165) is 46.9 Å². The van der Waals surface area contributed by atoms with E-state index in [1.807, 2.05) is 0 Å². The summed E-state index contributed by atoms with van der Waals surface area (Å²) in [6.07, 6.45) is -4.23. The fourth-order valence-electron chi connectivity index (χ4n) is 3.86. The van der Waals surface area contributed by atoms with Gasteiger partial charge in [0.25, 0.3) is 0 Å². The molecule has 1 aliphatic heterocycles. The first-order chi connectivity index (χ1) is 16.9. The van der Waals surface area contributed by atoms with Gasteiger partial charge in [-0.05, 0) is 42.8 Å².